The van der Waals surface area contributed by atoms with Gasteiger partial charge in [0.25, 0.3) is 0 Å². The van der Waals surface area contributed by atoms with Gasteiger partial charge in [0, 0.05) is 0 Å². The lowest BCUT2D eigenvalue weighted by Crippen LogP contribution is -2.21. The Labute approximate surface area is 89.9 Å². The Morgan fingerprint density at radius 1 is 1.69 bits per heavy atom. The maximum atomic E-state index is 11.0. The number of rotatable bonds is 1. The largest absolute Gasteiger partial charge is 0.445 e. The van der Waals surface area contributed by atoms with Crippen LogP contribution in [-0.2, 0) is 4.74 Å². The molecule has 0 spiro atoms. The van der Waals surface area contributed by atoms with E-state index in [-0.39, 0.29) is 12.6 Å². The van der Waals surface area contributed by atoms with Gasteiger partial charge in [-0.3, -0.25) is 4.90 Å². The van der Waals surface area contributed by atoms with Crippen molar-refractivity contribution in [1.82, 2.24) is 4.90 Å². The third kappa shape index (κ3) is 3.47. The third-order valence-corrected chi connectivity index (χ3v) is 1.68. The zero-order valence-electron chi connectivity index (χ0n) is 6.34. The molecule has 0 N–H and O–H groups in total. The molecule has 1 unspecified atom stereocenters. The summed E-state index contributed by atoms with van der Waals surface area (Å²) in [6.45, 7) is 0.0698. The van der Waals surface area contributed by atoms with Gasteiger partial charge in [-0.25, -0.2) is 4.79 Å². The Bertz CT molecular complexity index is 258. The molecule has 4 nitrogen and oxygen atoms in total. The summed E-state index contributed by atoms with van der Waals surface area (Å²) >= 11 is 16.0. The van der Waals surface area contributed by atoms with Gasteiger partial charge in [-0.05, 0) is 0 Å². The lowest BCUT2D eigenvalue weighted by molar-refractivity contribution is 0.132. The van der Waals surface area contributed by atoms with Crippen LogP contribution < -0.4 is 0 Å². The summed E-state index contributed by atoms with van der Waals surface area (Å²) in [5.74, 6) is 0. The zero-order valence-corrected chi connectivity index (χ0v) is 8.60. The minimum atomic E-state index is -1.60. The highest BCUT2D eigenvalue weighted by Gasteiger charge is 2.40. The fourth-order valence-corrected chi connectivity index (χ4v) is 0.842. The number of nitriles is 1. The normalized spacial score (nSPS) is 20.8. The maximum absolute atomic E-state index is 11.0. The van der Waals surface area contributed by atoms with Crippen molar-refractivity contribution >= 4 is 40.9 Å². The molecule has 1 aliphatic heterocycles. The molecule has 0 saturated carbocycles. The first kappa shape index (κ1) is 10.7. The van der Waals surface area contributed by atoms with Crippen molar-refractivity contribution in [2.75, 3.05) is 13.2 Å². The van der Waals surface area contributed by atoms with Gasteiger partial charge in [-0.1, -0.05) is 34.8 Å². The second-order valence-electron chi connectivity index (χ2n) is 2.47. The van der Waals surface area contributed by atoms with Crippen molar-refractivity contribution in [3.63, 3.8) is 0 Å². The second kappa shape index (κ2) is 3.79. The topological polar surface area (TPSA) is 53.1 Å². The van der Waals surface area contributed by atoms with Gasteiger partial charge in [0.2, 0.25) is 3.79 Å². The molecule has 7 heteroatoms. The smallest absolute Gasteiger partial charge is 0.411 e. The fourth-order valence-electron chi connectivity index (χ4n) is 0.678. The highest BCUT2D eigenvalue weighted by Crippen LogP contribution is 2.27. The molecule has 0 aromatic rings. The van der Waals surface area contributed by atoms with E-state index in [9.17, 15) is 4.79 Å². The number of halogens is 3. The molecule has 0 aromatic carbocycles. The van der Waals surface area contributed by atoms with Crippen LogP contribution in [0.25, 0.3) is 0 Å². The van der Waals surface area contributed by atoms with Crippen molar-refractivity contribution in [2.24, 2.45) is 0 Å². The standard InChI is InChI=1S/C6H5Cl3N2O2/c7-6(8,9)3-13-5(12)11-2-4(11)1-10/h4H,2-3H2. The fraction of sp³-hybridized carbons (Fsp3) is 0.667. The predicted octanol–water partition coefficient (Wildman–Crippen LogP) is 1.70. The number of hydrogen-bond acceptors (Lipinski definition) is 3. The van der Waals surface area contributed by atoms with Gasteiger partial charge in [0.15, 0.2) is 0 Å². The first-order valence-electron chi connectivity index (χ1n) is 3.34. The second-order valence-corrected chi connectivity index (χ2v) is 4.98. The summed E-state index contributed by atoms with van der Waals surface area (Å²) in [4.78, 5) is 12.2. The van der Waals surface area contributed by atoms with Gasteiger partial charge < -0.3 is 4.74 Å². The SMILES string of the molecule is N#CC1CN1C(=O)OCC(Cl)(Cl)Cl. The molecule has 1 amide bonds. The van der Waals surface area contributed by atoms with E-state index in [0.29, 0.717) is 6.54 Å². The molecule has 1 atom stereocenters. The van der Waals surface area contributed by atoms with Crippen LogP contribution in [-0.4, -0.2) is 34.0 Å². The molecule has 0 aromatic heterocycles. The summed E-state index contributed by atoms with van der Waals surface area (Å²) < 4.78 is 3.00. The van der Waals surface area contributed by atoms with Crippen molar-refractivity contribution < 1.29 is 9.53 Å². The van der Waals surface area contributed by atoms with Gasteiger partial charge in [-0.15, -0.1) is 0 Å². The lowest BCUT2D eigenvalue weighted by atomic mass is 10.5. The van der Waals surface area contributed by atoms with Crippen molar-refractivity contribution in [3.05, 3.63) is 0 Å². The molecule has 13 heavy (non-hydrogen) atoms. The molecule has 0 aliphatic carbocycles. The van der Waals surface area contributed by atoms with Gasteiger partial charge in [0.05, 0.1) is 12.6 Å². The number of hydrogen-bond donors (Lipinski definition) is 0. The van der Waals surface area contributed by atoms with Crippen LogP contribution in [0.15, 0.2) is 0 Å². The van der Waals surface area contributed by atoms with E-state index in [1.165, 1.54) is 4.90 Å². The molecule has 1 heterocycles. The highest BCUT2D eigenvalue weighted by molar-refractivity contribution is 6.67. The Hall–Kier alpha value is -0.370. The number of alkyl halides is 3. The monoisotopic (exact) mass is 242 g/mol. The molecule has 1 saturated heterocycles. The van der Waals surface area contributed by atoms with Gasteiger partial charge >= 0.3 is 6.09 Å². The number of amides is 1. The van der Waals surface area contributed by atoms with Gasteiger partial charge in [-0.2, -0.15) is 5.26 Å². The summed E-state index contributed by atoms with van der Waals surface area (Å²) in [7, 11) is 0. The first-order valence-corrected chi connectivity index (χ1v) is 4.47. The number of carbonyl (C=O) groups is 1. The van der Waals surface area contributed by atoms with Crippen LogP contribution >= 0.6 is 34.8 Å². The van der Waals surface area contributed by atoms with E-state index in [1.54, 1.807) is 0 Å². The minimum absolute atomic E-state index is 0.314. The summed E-state index contributed by atoms with van der Waals surface area (Å²) in [5, 5.41) is 8.38. The number of carbonyl (C=O) groups excluding carboxylic acids is 1. The Morgan fingerprint density at radius 3 is 2.69 bits per heavy atom. The van der Waals surface area contributed by atoms with E-state index in [0.717, 1.165) is 0 Å². The van der Waals surface area contributed by atoms with Crippen LogP contribution in [0.5, 0.6) is 0 Å². The zero-order chi connectivity index (χ0) is 10.1. The van der Waals surface area contributed by atoms with Gasteiger partial charge in [0.1, 0.15) is 12.6 Å². The minimum Gasteiger partial charge on any atom is -0.445 e. The quantitative estimate of drug-likeness (QED) is 0.520. The Morgan fingerprint density at radius 2 is 2.31 bits per heavy atom. The molecule has 1 aliphatic rings. The molecule has 72 valence electrons. The average Bonchev–Trinajstić information content (AvgIpc) is 2.77. The third-order valence-electron chi connectivity index (χ3n) is 1.36. The highest BCUT2D eigenvalue weighted by atomic mass is 35.6. The molecule has 0 bridgehead atoms. The number of ether oxygens (including phenoxy) is 1. The van der Waals surface area contributed by atoms with Crippen molar-refractivity contribution in [1.29, 1.82) is 5.26 Å². The van der Waals surface area contributed by atoms with Crippen molar-refractivity contribution in [2.45, 2.75) is 9.83 Å². The molecular weight excluding hydrogens is 238 g/mol. The molecule has 1 fully saturated rings. The molecule has 0 radical (unpaired) electrons. The average molecular weight is 243 g/mol. The van der Waals surface area contributed by atoms with Crippen molar-refractivity contribution in [3.8, 4) is 6.07 Å². The summed E-state index contributed by atoms with van der Waals surface area (Å²) in [5.41, 5.74) is 0. The molecular formula is C6H5Cl3N2O2. The van der Waals surface area contributed by atoms with Crippen LogP contribution in [0.3, 0.4) is 0 Å². The summed E-state index contributed by atoms with van der Waals surface area (Å²) in [6, 6.07) is 1.51. The van der Waals surface area contributed by atoms with E-state index in [1.807, 2.05) is 6.07 Å². The van der Waals surface area contributed by atoms with E-state index in [4.69, 9.17) is 40.1 Å². The lowest BCUT2D eigenvalue weighted by Gasteiger charge is -2.11. The number of nitrogens with zero attached hydrogens (tertiary/aromatic N) is 2. The van der Waals surface area contributed by atoms with E-state index in [2.05, 4.69) is 4.74 Å². The predicted molar refractivity (Wildman–Crippen MR) is 47.7 cm³/mol. The maximum Gasteiger partial charge on any atom is 0.411 e. The van der Waals surface area contributed by atoms with Crippen LogP contribution in [0.4, 0.5) is 4.79 Å². The van der Waals surface area contributed by atoms with Crippen LogP contribution in [0.2, 0.25) is 0 Å². The Balaban J connectivity index is 2.25. The summed E-state index contributed by atoms with van der Waals surface area (Å²) in [6.07, 6.45) is -0.627. The van der Waals surface area contributed by atoms with Crippen LogP contribution in [0, 0.1) is 11.3 Å². The Kier molecular flexibility index (Phi) is 3.12. The first-order chi connectivity index (χ1) is 5.94. The van der Waals surface area contributed by atoms with E-state index < -0.39 is 9.89 Å². The molecule has 1 rings (SSSR count). The van der Waals surface area contributed by atoms with E-state index >= 15 is 0 Å². The van der Waals surface area contributed by atoms with Crippen LogP contribution in [0.1, 0.15) is 0 Å².